The second-order valence-corrected chi connectivity index (χ2v) is 7.07. The van der Waals surface area contributed by atoms with E-state index >= 15 is 0 Å². The highest BCUT2D eigenvalue weighted by atomic mass is 32.1. The summed E-state index contributed by atoms with van der Waals surface area (Å²) in [5, 5.41) is 3.38. The van der Waals surface area contributed by atoms with Gasteiger partial charge < -0.3 is 9.47 Å². The molecular weight excluding hydrogens is 348 g/mol. The number of hydrogen-bond acceptors (Lipinski definition) is 5. The highest BCUT2D eigenvalue weighted by Gasteiger charge is 2.11. The molecule has 136 valence electrons. The van der Waals surface area contributed by atoms with Crippen molar-refractivity contribution in [2.45, 2.75) is 26.2 Å². The lowest BCUT2D eigenvalue weighted by Gasteiger charge is -2.09. The Kier molecular flexibility index (Phi) is 5.73. The molecule has 0 aliphatic carbocycles. The van der Waals surface area contributed by atoms with Gasteiger partial charge in [0.1, 0.15) is 0 Å². The molecule has 0 spiro atoms. The van der Waals surface area contributed by atoms with Crippen molar-refractivity contribution < 1.29 is 14.3 Å². The SMILES string of the molecule is CCC(C)c1ccc2nc(NC(=O)COc3ccccc3OC)sc2c1. The topological polar surface area (TPSA) is 60.5 Å². The number of aromatic nitrogens is 1. The average molecular weight is 370 g/mol. The molecule has 1 unspecified atom stereocenters. The molecule has 0 aliphatic rings. The Morgan fingerprint density at radius 3 is 2.73 bits per heavy atom. The summed E-state index contributed by atoms with van der Waals surface area (Å²) in [6.45, 7) is 4.28. The molecule has 6 heteroatoms. The molecule has 2 aromatic carbocycles. The summed E-state index contributed by atoms with van der Waals surface area (Å²) >= 11 is 1.47. The number of nitrogens with zero attached hydrogens (tertiary/aromatic N) is 1. The molecule has 1 atom stereocenters. The van der Waals surface area contributed by atoms with E-state index in [9.17, 15) is 4.79 Å². The molecule has 0 saturated carbocycles. The molecule has 1 N–H and O–H groups in total. The third-order valence-corrected chi connectivity index (χ3v) is 5.20. The zero-order valence-electron chi connectivity index (χ0n) is 15.1. The minimum absolute atomic E-state index is 0.103. The highest BCUT2D eigenvalue weighted by molar-refractivity contribution is 7.22. The first-order chi connectivity index (χ1) is 12.6. The average Bonchev–Trinajstić information content (AvgIpc) is 3.07. The Bertz CT molecular complexity index is 907. The van der Waals surface area contributed by atoms with Gasteiger partial charge in [-0.2, -0.15) is 0 Å². The number of amides is 1. The second-order valence-electron chi connectivity index (χ2n) is 6.04. The van der Waals surface area contributed by atoms with Crippen LogP contribution in [0, 0.1) is 0 Å². The van der Waals surface area contributed by atoms with Crippen LogP contribution in [0.3, 0.4) is 0 Å². The lowest BCUT2D eigenvalue weighted by Crippen LogP contribution is -2.20. The number of rotatable bonds is 7. The number of carbonyl (C=O) groups excluding carboxylic acids is 1. The minimum atomic E-state index is -0.253. The maximum Gasteiger partial charge on any atom is 0.264 e. The fourth-order valence-corrected chi connectivity index (χ4v) is 3.50. The summed E-state index contributed by atoms with van der Waals surface area (Å²) in [5.74, 6) is 1.39. The number of benzene rings is 2. The van der Waals surface area contributed by atoms with Crippen LogP contribution in [0.4, 0.5) is 5.13 Å². The summed E-state index contributed by atoms with van der Waals surface area (Å²) in [4.78, 5) is 16.6. The van der Waals surface area contributed by atoms with Crippen LogP contribution in [0.5, 0.6) is 11.5 Å². The molecule has 0 aliphatic heterocycles. The molecule has 5 nitrogen and oxygen atoms in total. The Hall–Kier alpha value is -2.60. The Labute approximate surface area is 157 Å². The van der Waals surface area contributed by atoms with Gasteiger partial charge in [-0.3, -0.25) is 10.1 Å². The predicted octanol–water partition coefficient (Wildman–Crippen LogP) is 4.84. The molecule has 1 aromatic heterocycles. The molecule has 3 aromatic rings. The van der Waals surface area contributed by atoms with Gasteiger partial charge >= 0.3 is 0 Å². The molecule has 1 heterocycles. The van der Waals surface area contributed by atoms with Gasteiger partial charge in [-0.15, -0.1) is 0 Å². The van der Waals surface area contributed by atoms with Gasteiger partial charge in [0, 0.05) is 0 Å². The van der Waals surface area contributed by atoms with Gasteiger partial charge in [0.25, 0.3) is 5.91 Å². The molecule has 26 heavy (non-hydrogen) atoms. The van der Waals surface area contributed by atoms with Gasteiger partial charge in [-0.25, -0.2) is 4.98 Å². The quantitative estimate of drug-likeness (QED) is 0.647. The monoisotopic (exact) mass is 370 g/mol. The minimum Gasteiger partial charge on any atom is -0.493 e. The first-order valence-corrected chi connectivity index (χ1v) is 9.38. The fourth-order valence-electron chi connectivity index (χ4n) is 2.57. The zero-order chi connectivity index (χ0) is 18.5. The Morgan fingerprint density at radius 2 is 2.00 bits per heavy atom. The van der Waals surface area contributed by atoms with Crippen molar-refractivity contribution in [2.75, 3.05) is 19.0 Å². The van der Waals surface area contributed by atoms with Gasteiger partial charge in [0.05, 0.1) is 17.3 Å². The Balaban J connectivity index is 1.65. The van der Waals surface area contributed by atoms with Crippen molar-refractivity contribution in [1.29, 1.82) is 0 Å². The third-order valence-electron chi connectivity index (χ3n) is 4.27. The van der Waals surface area contributed by atoms with Gasteiger partial charge in [-0.05, 0) is 42.2 Å². The van der Waals surface area contributed by atoms with E-state index in [1.54, 1.807) is 19.2 Å². The number of methoxy groups -OCH3 is 1. The van der Waals surface area contributed by atoms with Crippen LogP contribution in [-0.4, -0.2) is 24.6 Å². The van der Waals surface area contributed by atoms with E-state index in [0.29, 0.717) is 22.5 Å². The molecule has 0 bridgehead atoms. The van der Waals surface area contributed by atoms with Crippen LogP contribution in [0.15, 0.2) is 42.5 Å². The molecular formula is C20H22N2O3S. The van der Waals surface area contributed by atoms with Crippen molar-refractivity contribution in [2.24, 2.45) is 0 Å². The van der Waals surface area contributed by atoms with E-state index in [4.69, 9.17) is 9.47 Å². The largest absolute Gasteiger partial charge is 0.493 e. The van der Waals surface area contributed by atoms with Crippen LogP contribution < -0.4 is 14.8 Å². The number of anilines is 1. The first kappa shape index (κ1) is 18.2. The number of para-hydroxylation sites is 2. The number of carbonyl (C=O) groups is 1. The van der Waals surface area contributed by atoms with E-state index in [-0.39, 0.29) is 12.5 Å². The Morgan fingerprint density at radius 1 is 1.23 bits per heavy atom. The summed E-state index contributed by atoms with van der Waals surface area (Å²) < 4.78 is 11.8. The predicted molar refractivity (Wildman–Crippen MR) is 105 cm³/mol. The van der Waals surface area contributed by atoms with Crippen molar-refractivity contribution in [1.82, 2.24) is 4.98 Å². The number of hydrogen-bond donors (Lipinski definition) is 1. The van der Waals surface area contributed by atoms with Crippen LogP contribution in [-0.2, 0) is 4.79 Å². The molecule has 3 rings (SSSR count). The maximum absolute atomic E-state index is 12.2. The van der Waals surface area contributed by atoms with E-state index in [1.807, 2.05) is 18.2 Å². The fraction of sp³-hybridized carbons (Fsp3) is 0.300. The van der Waals surface area contributed by atoms with Crippen molar-refractivity contribution in [3.8, 4) is 11.5 Å². The van der Waals surface area contributed by atoms with Crippen molar-refractivity contribution in [3.05, 3.63) is 48.0 Å². The summed E-state index contributed by atoms with van der Waals surface area (Å²) in [6.07, 6.45) is 1.09. The van der Waals surface area contributed by atoms with Crippen molar-refractivity contribution in [3.63, 3.8) is 0 Å². The highest BCUT2D eigenvalue weighted by Crippen LogP contribution is 2.30. The molecule has 0 fully saturated rings. The molecule has 0 saturated heterocycles. The summed E-state index contributed by atoms with van der Waals surface area (Å²) in [5.41, 5.74) is 2.18. The van der Waals surface area contributed by atoms with Gasteiger partial charge in [-0.1, -0.05) is 43.4 Å². The van der Waals surface area contributed by atoms with Crippen LogP contribution >= 0.6 is 11.3 Å². The normalized spacial score (nSPS) is 12.0. The van der Waals surface area contributed by atoms with Crippen molar-refractivity contribution >= 4 is 32.6 Å². The van der Waals surface area contributed by atoms with Crippen LogP contribution in [0.1, 0.15) is 31.7 Å². The number of thiazole rings is 1. The van der Waals surface area contributed by atoms with Crippen LogP contribution in [0.2, 0.25) is 0 Å². The van der Waals surface area contributed by atoms with Gasteiger partial charge in [0.2, 0.25) is 0 Å². The zero-order valence-corrected chi connectivity index (χ0v) is 15.9. The van der Waals surface area contributed by atoms with Gasteiger partial charge in [0.15, 0.2) is 23.2 Å². The summed E-state index contributed by atoms with van der Waals surface area (Å²) in [7, 11) is 1.57. The molecule has 0 radical (unpaired) electrons. The number of fused-ring (bicyclic) bond motifs is 1. The van der Waals surface area contributed by atoms with E-state index in [2.05, 4.69) is 36.3 Å². The smallest absolute Gasteiger partial charge is 0.264 e. The lowest BCUT2D eigenvalue weighted by atomic mass is 9.99. The standard InChI is InChI=1S/C20H22N2O3S/c1-4-13(2)14-9-10-15-18(11-14)26-20(21-15)22-19(23)12-25-17-8-6-5-7-16(17)24-3/h5-11,13H,4,12H2,1-3H3,(H,21,22,23). The number of nitrogens with one attached hydrogen (secondary N) is 1. The van der Waals surface area contributed by atoms with Crippen LogP contribution in [0.25, 0.3) is 10.2 Å². The van der Waals surface area contributed by atoms with E-state index < -0.39 is 0 Å². The van der Waals surface area contributed by atoms with E-state index in [1.165, 1.54) is 16.9 Å². The molecule has 1 amide bonds. The first-order valence-electron chi connectivity index (χ1n) is 8.57. The third kappa shape index (κ3) is 4.14. The lowest BCUT2D eigenvalue weighted by molar-refractivity contribution is -0.118. The maximum atomic E-state index is 12.2. The summed E-state index contributed by atoms with van der Waals surface area (Å²) in [6, 6.07) is 13.5. The van der Waals surface area contributed by atoms with E-state index in [0.717, 1.165) is 16.6 Å². The second kappa shape index (κ2) is 8.19. The number of ether oxygens (including phenoxy) is 2.